The van der Waals surface area contributed by atoms with Crippen molar-refractivity contribution in [1.82, 2.24) is 9.88 Å². The minimum atomic E-state index is 0.101. The second kappa shape index (κ2) is 13.3. The molecule has 0 bridgehead atoms. The topological polar surface area (TPSA) is 70.1 Å². The summed E-state index contributed by atoms with van der Waals surface area (Å²) in [4.78, 5) is 21.2. The standard InChI is InChI=1S/C30H40N2O5/c1-8-11-12-13-24(33)30-23(19-32(9-2)10-3)31-22-18-28(37-7)27(36-6)17-21(22)29(30)20-14-15-25(34-4)26(16-20)35-5/h14-18H,8-13,19H2,1-7H3. The van der Waals surface area contributed by atoms with Crippen LogP contribution in [0.15, 0.2) is 30.3 Å². The van der Waals surface area contributed by atoms with Crippen molar-refractivity contribution in [1.29, 1.82) is 0 Å². The summed E-state index contributed by atoms with van der Waals surface area (Å²) in [6.45, 7) is 8.68. The Hall–Kier alpha value is -3.32. The van der Waals surface area contributed by atoms with Gasteiger partial charge in [0.1, 0.15) is 0 Å². The molecule has 0 spiro atoms. The molecule has 0 saturated carbocycles. The first-order valence-electron chi connectivity index (χ1n) is 13.0. The van der Waals surface area contributed by atoms with Gasteiger partial charge in [0.05, 0.1) is 39.6 Å². The van der Waals surface area contributed by atoms with Crippen molar-refractivity contribution in [3.8, 4) is 34.1 Å². The fourth-order valence-corrected chi connectivity index (χ4v) is 4.67. The molecule has 0 unspecified atom stereocenters. The molecular formula is C30H40N2O5. The Morgan fingerprint density at radius 1 is 0.811 bits per heavy atom. The molecule has 0 aliphatic rings. The summed E-state index contributed by atoms with van der Waals surface area (Å²) in [5, 5.41) is 0.826. The Labute approximate surface area is 220 Å². The normalized spacial score (nSPS) is 11.1. The molecule has 3 rings (SSSR count). The zero-order valence-corrected chi connectivity index (χ0v) is 23.3. The minimum Gasteiger partial charge on any atom is -0.493 e. The van der Waals surface area contributed by atoms with Crippen LogP contribution in [0.1, 0.15) is 62.5 Å². The van der Waals surface area contributed by atoms with E-state index in [4.69, 9.17) is 23.9 Å². The lowest BCUT2D eigenvalue weighted by molar-refractivity contribution is 0.0977. The molecule has 3 aromatic rings. The SMILES string of the molecule is CCCCCC(=O)c1c(CN(CC)CC)nc2cc(OC)c(OC)cc2c1-c1ccc(OC)c(OC)c1. The van der Waals surface area contributed by atoms with E-state index in [9.17, 15) is 4.79 Å². The molecule has 0 amide bonds. The molecule has 0 aliphatic heterocycles. The molecule has 2 aromatic carbocycles. The first-order valence-corrected chi connectivity index (χ1v) is 13.0. The smallest absolute Gasteiger partial charge is 0.165 e. The lowest BCUT2D eigenvalue weighted by atomic mass is 9.89. The van der Waals surface area contributed by atoms with E-state index in [2.05, 4.69) is 25.7 Å². The Kier molecular flexibility index (Phi) is 10.1. The molecule has 0 N–H and O–H groups in total. The number of fused-ring (bicyclic) bond motifs is 1. The number of aromatic nitrogens is 1. The van der Waals surface area contributed by atoms with Crippen LogP contribution in [0.25, 0.3) is 22.0 Å². The quantitative estimate of drug-likeness (QED) is 0.181. The maximum absolute atomic E-state index is 13.9. The monoisotopic (exact) mass is 508 g/mol. The highest BCUT2D eigenvalue weighted by Crippen LogP contribution is 2.42. The largest absolute Gasteiger partial charge is 0.493 e. The van der Waals surface area contributed by atoms with Gasteiger partial charge in [0.15, 0.2) is 28.8 Å². The number of methoxy groups -OCH3 is 4. The molecule has 200 valence electrons. The van der Waals surface area contributed by atoms with Crippen molar-refractivity contribution in [3.63, 3.8) is 0 Å². The number of unbranched alkanes of at least 4 members (excludes halogenated alkanes) is 2. The molecular weight excluding hydrogens is 468 g/mol. The maximum Gasteiger partial charge on any atom is 0.165 e. The van der Waals surface area contributed by atoms with Crippen LogP contribution < -0.4 is 18.9 Å². The Morgan fingerprint density at radius 3 is 2.03 bits per heavy atom. The lowest BCUT2D eigenvalue weighted by Gasteiger charge is -2.23. The highest BCUT2D eigenvalue weighted by Gasteiger charge is 2.25. The van der Waals surface area contributed by atoms with Crippen molar-refractivity contribution in [3.05, 3.63) is 41.6 Å². The number of ketones is 1. The van der Waals surface area contributed by atoms with Gasteiger partial charge in [-0.2, -0.15) is 0 Å². The molecule has 37 heavy (non-hydrogen) atoms. The van der Waals surface area contributed by atoms with Crippen LogP contribution >= 0.6 is 0 Å². The molecule has 0 atom stereocenters. The van der Waals surface area contributed by atoms with Crippen LogP contribution in [0.2, 0.25) is 0 Å². The number of benzene rings is 2. The van der Waals surface area contributed by atoms with E-state index in [0.29, 0.717) is 41.5 Å². The van der Waals surface area contributed by atoms with E-state index in [-0.39, 0.29) is 5.78 Å². The molecule has 0 radical (unpaired) electrons. The van der Waals surface area contributed by atoms with Gasteiger partial charge in [0, 0.05) is 35.5 Å². The van der Waals surface area contributed by atoms with E-state index < -0.39 is 0 Å². The van der Waals surface area contributed by atoms with Gasteiger partial charge >= 0.3 is 0 Å². The van der Waals surface area contributed by atoms with E-state index in [1.54, 1.807) is 28.4 Å². The number of hydrogen-bond acceptors (Lipinski definition) is 7. The van der Waals surface area contributed by atoms with Crippen molar-refractivity contribution < 1.29 is 23.7 Å². The van der Waals surface area contributed by atoms with Gasteiger partial charge in [0.25, 0.3) is 0 Å². The summed E-state index contributed by atoms with van der Waals surface area (Å²) in [5.74, 6) is 2.50. The highest BCUT2D eigenvalue weighted by atomic mass is 16.5. The third-order valence-electron chi connectivity index (χ3n) is 6.79. The molecule has 0 aliphatic carbocycles. The third-order valence-corrected chi connectivity index (χ3v) is 6.79. The van der Waals surface area contributed by atoms with Crippen molar-refractivity contribution in [2.24, 2.45) is 0 Å². The first-order chi connectivity index (χ1) is 18.0. The summed E-state index contributed by atoms with van der Waals surface area (Å²) in [6, 6.07) is 9.56. The Balaban J connectivity index is 2.43. The average Bonchev–Trinajstić information content (AvgIpc) is 2.93. The average molecular weight is 509 g/mol. The van der Waals surface area contributed by atoms with Crippen LogP contribution in [0.4, 0.5) is 0 Å². The number of carbonyl (C=O) groups is 1. The summed E-state index contributed by atoms with van der Waals surface area (Å²) in [6.07, 6.45) is 3.37. The van der Waals surface area contributed by atoms with E-state index in [0.717, 1.165) is 60.1 Å². The van der Waals surface area contributed by atoms with Crippen molar-refractivity contribution in [2.75, 3.05) is 41.5 Å². The van der Waals surface area contributed by atoms with Crippen LogP contribution in [-0.4, -0.2) is 57.2 Å². The Morgan fingerprint density at radius 2 is 1.43 bits per heavy atom. The number of nitrogens with zero attached hydrogens (tertiary/aromatic N) is 2. The maximum atomic E-state index is 13.9. The van der Waals surface area contributed by atoms with Crippen LogP contribution in [0.3, 0.4) is 0 Å². The number of pyridine rings is 1. The second-order valence-corrected chi connectivity index (χ2v) is 8.94. The van der Waals surface area contributed by atoms with E-state index in [1.807, 2.05) is 30.3 Å². The number of ether oxygens (including phenoxy) is 4. The van der Waals surface area contributed by atoms with Gasteiger partial charge in [-0.3, -0.25) is 14.7 Å². The predicted molar refractivity (Wildman–Crippen MR) is 148 cm³/mol. The van der Waals surface area contributed by atoms with E-state index >= 15 is 0 Å². The zero-order valence-electron chi connectivity index (χ0n) is 23.3. The van der Waals surface area contributed by atoms with Gasteiger partial charge in [-0.05, 0) is 43.3 Å². The van der Waals surface area contributed by atoms with Gasteiger partial charge in [0.2, 0.25) is 0 Å². The number of rotatable bonds is 14. The van der Waals surface area contributed by atoms with Gasteiger partial charge in [-0.1, -0.05) is 39.7 Å². The van der Waals surface area contributed by atoms with Crippen molar-refractivity contribution >= 4 is 16.7 Å². The van der Waals surface area contributed by atoms with Gasteiger partial charge in [-0.25, -0.2) is 0 Å². The molecule has 7 heteroatoms. The summed E-state index contributed by atoms with van der Waals surface area (Å²) in [5.41, 5.74) is 3.87. The fourth-order valence-electron chi connectivity index (χ4n) is 4.67. The molecule has 1 aromatic heterocycles. The molecule has 0 saturated heterocycles. The Bertz CT molecular complexity index is 1220. The molecule has 7 nitrogen and oxygen atoms in total. The van der Waals surface area contributed by atoms with Crippen LogP contribution in [0, 0.1) is 0 Å². The fraction of sp³-hybridized carbons (Fsp3) is 0.467. The van der Waals surface area contributed by atoms with Gasteiger partial charge in [-0.15, -0.1) is 0 Å². The summed E-state index contributed by atoms with van der Waals surface area (Å²) < 4.78 is 22.3. The molecule has 1 heterocycles. The number of carbonyl (C=O) groups excluding carboxylic acids is 1. The minimum absolute atomic E-state index is 0.101. The predicted octanol–water partition coefficient (Wildman–Crippen LogP) is 6.54. The van der Waals surface area contributed by atoms with Crippen LogP contribution in [-0.2, 0) is 6.54 Å². The number of Topliss-reactive ketones (excluding diaryl/α,β-unsaturated/α-hetero) is 1. The second-order valence-electron chi connectivity index (χ2n) is 8.94. The molecule has 0 fully saturated rings. The van der Waals surface area contributed by atoms with Gasteiger partial charge < -0.3 is 18.9 Å². The highest BCUT2D eigenvalue weighted by molar-refractivity contribution is 6.11. The summed E-state index contributed by atoms with van der Waals surface area (Å²) >= 11 is 0. The van der Waals surface area contributed by atoms with E-state index in [1.165, 1.54) is 0 Å². The van der Waals surface area contributed by atoms with Crippen molar-refractivity contribution in [2.45, 2.75) is 53.0 Å². The van der Waals surface area contributed by atoms with Crippen LogP contribution in [0.5, 0.6) is 23.0 Å². The first kappa shape index (κ1) is 28.3. The lowest BCUT2D eigenvalue weighted by Crippen LogP contribution is -2.24. The number of hydrogen-bond donors (Lipinski definition) is 0. The third kappa shape index (κ3) is 6.16. The zero-order chi connectivity index (χ0) is 26.9. The summed E-state index contributed by atoms with van der Waals surface area (Å²) in [7, 11) is 6.45.